The van der Waals surface area contributed by atoms with Crippen LogP contribution in [0.2, 0.25) is 0 Å². The zero-order valence-corrected chi connectivity index (χ0v) is 10.1. The number of aliphatic carboxylic acids is 2. The highest BCUT2D eigenvalue weighted by molar-refractivity contribution is 5.69. The van der Waals surface area contributed by atoms with Gasteiger partial charge >= 0.3 is 11.9 Å². The quantitative estimate of drug-likeness (QED) is 0.793. The summed E-state index contributed by atoms with van der Waals surface area (Å²) in [6.45, 7) is 2.63. The molecule has 0 aliphatic heterocycles. The molecular formula is C12H14O6. The Labute approximate surface area is 104 Å². The molecule has 1 rings (SSSR count). The number of hydrogen-bond donors (Lipinski definition) is 2. The van der Waals surface area contributed by atoms with E-state index in [2.05, 4.69) is 0 Å². The van der Waals surface area contributed by atoms with Crippen LogP contribution in [0.3, 0.4) is 0 Å². The lowest BCUT2D eigenvalue weighted by Gasteiger charge is -2.12. The maximum atomic E-state index is 10.4. The van der Waals surface area contributed by atoms with Crippen molar-refractivity contribution in [2.45, 2.75) is 13.8 Å². The summed E-state index contributed by atoms with van der Waals surface area (Å²) in [6, 6.07) is 3.24. The molecule has 0 unspecified atom stereocenters. The second kappa shape index (κ2) is 5.90. The maximum Gasteiger partial charge on any atom is 0.341 e. The van der Waals surface area contributed by atoms with Crippen LogP contribution in [-0.4, -0.2) is 35.4 Å². The lowest BCUT2D eigenvalue weighted by atomic mass is 10.1. The first-order valence-corrected chi connectivity index (χ1v) is 5.20. The molecular weight excluding hydrogens is 240 g/mol. The van der Waals surface area contributed by atoms with Crippen molar-refractivity contribution in [1.29, 1.82) is 0 Å². The summed E-state index contributed by atoms with van der Waals surface area (Å²) >= 11 is 0. The predicted molar refractivity (Wildman–Crippen MR) is 62.2 cm³/mol. The van der Waals surface area contributed by atoms with Gasteiger partial charge in [0, 0.05) is 6.07 Å². The first-order valence-electron chi connectivity index (χ1n) is 5.20. The van der Waals surface area contributed by atoms with Gasteiger partial charge in [-0.3, -0.25) is 0 Å². The first-order chi connectivity index (χ1) is 8.40. The van der Waals surface area contributed by atoms with Gasteiger partial charge in [-0.1, -0.05) is 0 Å². The van der Waals surface area contributed by atoms with E-state index in [4.69, 9.17) is 19.7 Å². The second-order valence-electron chi connectivity index (χ2n) is 3.75. The molecule has 0 atom stereocenters. The Morgan fingerprint density at radius 1 is 0.944 bits per heavy atom. The van der Waals surface area contributed by atoms with Crippen LogP contribution in [0.4, 0.5) is 0 Å². The van der Waals surface area contributed by atoms with E-state index in [1.165, 1.54) is 6.07 Å². The van der Waals surface area contributed by atoms with Crippen molar-refractivity contribution in [1.82, 2.24) is 0 Å². The highest BCUT2D eigenvalue weighted by atomic mass is 16.5. The van der Waals surface area contributed by atoms with Crippen molar-refractivity contribution in [3.63, 3.8) is 0 Å². The molecule has 0 aliphatic carbocycles. The van der Waals surface area contributed by atoms with Crippen molar-refractivity contribution >= 4 is 11.9 Å². The van der Waals surface area contributed by atoms with E-state index in [0.29, 0.717) is 11.5 Å². The van der Waals surface area contributed by atoms with Crippen molar-refractivity contribution in [3.05, 3.63) is 23.3 Å². The minimum atomic E-state index is -1.08. The summed E-state index contributed by atoms with van der Waals surface area (Å²) in [6.07, 6.45) is 0. The molecule has 2 N–H and O–H groups in total. The standard InChI is InChI=1S/C12H14O6/c1-7-3-8(2)10(18-6-12(15)16)4-9(7)17-5-11(13)14/h3-4H,5-6H2,1-2H3,(H,13,14)(H,15,16). The molecule has 0 aliphatic rings. The van der Waals surface area contributed by atoms with Crippen molar-refractivity contribution in [3.8, 4) is 11.5 Å². The molecule has 1 aromatic carbocycles. The Hall–Kier alpha value is -2.24. The zero-order chi connectivity index (χ0) is 13.7. The molecule has 6 nitrogen and oxygen atoms in total. The lowest BCUT2D eigenvalue weighted by Crippen LogP contribution is -2.12. The van der Waals surface area contributed by atoms with Gasteiger partial charge in [0.15, 0.2) is 13.2 Å². The molecule has 0 heterocycles. The van der Waals surface area contributed by atoms with Crippen LogP contribution < -0.4 is 9.47 Å². The van der Waals surface area contributed by atoms with Crippen molar-refractivity contribution in [2.24, 2.45) is 0 Å². The van der Waals surface area contributed by atoms with Crippen LogP contribution in [0.15, 0.2) is 12.1 Å². The number of carbonyl (C=O) groups is 2. The van der Waals surface area contributed by atoms with E-state index in [9.17, 15) is 9.59 Å². The van der Waals surface area contributed by atoms with E-state index in [1.54, 1.807) is 19.9 Å². The zero-order valence-electron chi connectivity index (χ0n) is 10.1. The Morgan fingerprint density at radius 2 is 1.33 bits per heavy atom. The number of carboxylic acid groups (broad SMARTS) is 2. The fraction of sp³-hybridized carbons (Fsp3) is 0.333. The molecule has 0 fully saturated rings. The van der Waals surface area contributed by atoms with Crippen LogP contribution in [0.5, 0.6) is 11.5 Å². The average Bonchev–Trinajstić information content (AvgIpc) is 2.26. The monoisotopic (exact) mass is 254 g/mol. The topological polar surface area (TPSA) is 93.1 Å². The molecule has 0 radical (unpaired) electrons. The molecule has 0 aromatic heterocycles. The SMILES string of the molecule is Cc1cc(C)c(OCC(=O)O)cc1OCC(=O)O. The van der Waals surface area contributed by atoms with Gasteiger partial charge in [0.05, 0.1) is 0 Å². The normalized spacial score (nSPS) is 9.89. The van der Waals surface area contributed by atoms with Gasteiger partial charge in [-0.15, -0.1) is 0 Å². The predicted octanol–water partition coefficient (Wildman–Crippen LogP) is 1.23. The molecule has 0 spiro atoms. The third kappa shape index (κ3) is 3.97. The minimum Gasteiger partial charge on any atom is -0.481 e. The van der Waals surface area contributed by atoms with Crippen molar-refractivity contribution < 1.29 is 29.3 Å². The van der Waals surface area contributed by atoms with Gasteiger partial charge in [0.25, 0.3) is 0 Å². The Kier molecular flexibility index (Phi) is 4.53. The summed E-state index contributed by atoms with van der Waals surface area (Å²) in [7, 11) is 0. The van der Waals surface area contributed by atoms with E-state index < -0.39 is 25.2 Å². The van der Waals surface area contributed by atoms with E-state index in [1.807, 2.05) is 0 Å². The summed E-state index contributed by atoms with van der Waals surface area (Å²) in [4.78, 5) is 20.8. The number of ether oxygens (including phenoxy) is 2. The number of hydrogen-bond acceptors (Lipinski definition) is 4. The molecule has 6 heteroatoms. The van der Waals surface area contributed by atoms with Gasteiger partial charge in [-0.2, -0.15) is 0 Å². The summed E-state index contributed by atoms with van der Waals surface area (Å²) < 4.78 is 10.1. The van der Waals surface area contributed by atoms with Crippen LogP contribution in [0, 0.1) is 13.8 Å². The number of rotatable bonds is 6. The summed E-state index contributed by atoms with van der Waals surface area (Å²) in [5.41, 5.74) is 1.52. The minimum absolute atomic E-state index is 0.364. The molecule has 1 aromatic rings. The van der Waals surface area contributed by atoms with Gasteiger partial charge in [-0.05, 0) is 31.0 Å². The van der Waals surface area contributed by atoms with Crippen LogP contribution in [-0.2, 0) is 9.59 Å². The van der Waals surface area contributed by atoms with Crippen molar-refractivity contribution in [2.75, 3.05) is 13.2 Å². The fourth-order valence-corrected chi connectivity index (χ4v) is 1.40. The highest BCUT2D eigenvalue weighted by Crippen LogP contribution is 2.28. The molecule has 0 bridgehead atoms. The Balaban J connectivity index is 2.87. The van der Waals surface area contributed by atoms with E-state index >= 15 is 0 Å². The number of aryl methyl sites for hydroxylation is 2. The smallest absolute Gasteiger partial charge is 0.341 e. The van der Waals surface area contributed by atoms with Crippen LogP contribution >= 0.6 is 0 Å². The Bertz CT molecular complexity index is 427. The lowest BCUT2D eigenvalue weighted by molar-refractivity contribution is -0.140. The molecule has 0 amide bonds. The van der Waals surface area contributed by atoms with Gasteiger partial charge in [-0.25, -0.2) is 9.59 Å². The summed E-state index contributed by atoms with van der Waals surface area (Å²) in [5, 5.41) is 17.1. The third-order valence-corrected chi connectivity index (χ3v) is 2.17. The number of carboxylic acids is 2. The average molecular weight is 254 g/mol. The largest absolute Gasteiger partial charge is 0.481 e. The van der Waals surface area contributed by atoms with Gasteiger partial charge < -0.3 is 19.7 Å². The molecule has 98 valence electrons. The van der Waals surface area contributed by atoms with Crippen LogP contribution in [0.25, 0.3) is 0 Å². The van der Waals surface area contributed by atoms with Gasteiger partial charge in [0.2, 0.25) is 0 Å². The first kappa shape index (κ1) is 13.8. The molecule has 18 heavy (non-hydrogen) atoms. The van der Waals surface area contributed by atoms with Crippen LogP contribution in [0.1, 0.15) is 11.1 Å². The number of benzene rings is 1. The molecule has 0 saturated carbocycles. The Morgan fingerprint density at radius 3 is 1.67 bits per heavy atom. The second-order valence-corrected chi connectivity index (χ2v) is 3.75. The third-order valence-electron chi connectivity index (χ3n) is 2.17. The van der Waals surface area contributed by atoms with E-state index in [0.717, 1.165) is 11.1 Å². The highest BCUT2D eigenvalue weighted by Gasteiger charge is 2.09. The fourth-order valence-electron chi connectivity index (χ4n) is 1.40. The van der Waals surface area contributed by atoms with E-state index in [-0.39, 0.29) is 0 Å². The van der Waals surface area contributed by atoms with Gasteiger partial charge in [0.1, 0.15) is 11.5 Å². The molecule has 0 saturated heterocycles. The summed E-state index contributed by atoms with van der Waals surface area (Å²) in [5.74, 6) is -1.43. The maximum absolute atomic E-state index is 10.4.